The van der Waals surface area contributed by atoms with Crippen LogP contribution in [0, 0.1) is 0 Å². The van der Waals surface area contributed by atoms with Crippen LogP contribution in [0.15, 0.2) is 64.9 Å². The van der Waals surface area contributed by atoms with Crippen molar-refractivity contribution in [1.29, 1.82) is 0 Å². The van der Waals surface area contributed by atoms with Crippen LogP contribution in [-0.4, -0.2) is 44.0 Å². The number of halogens is 1. The van der Waals surface area contributed by atoms with Crippen molar-refractivity contribution in [1.82, 2.24) is 9.62 Å². The first-order valence-corrected chi connectivity index (χ1v) is 12.7. The number of carboxylic acid groups (broad SMARTS) is 1. The number of carbonyl (C=O) groups is 1. The largest absolute Gasteiger partial charge is 0.480 e. The monoisotopic (exact) mass is 490 g/mol. The number of nitrogens with zero attached hydrogens (tertiary/aromatic N) is 1. The first-order valence-electron chi connectivity index (χ1n) is 9.97. The van der Waals surface area contributed by atoms with Gasteiger partial charge < -0.3 is 10.0 Å². The van der Waals surface area contributed by atoms with Crippen LogP contribution in [0.25, 0.3) is 10.4 Å². The molecule has 0 spiro atoms. The highest BCUT2D eigenvalue weighted by Crippen LogP contribution is 2.52. The number of nitrogens with one attached hydrogen (secondary N) is 1. The van der Waals surface area contributed by atoms with Crippen molar-refractivity contribution >= 4 is 38.9 Å². The average Bonchev–Trinajstić information content (AvgIpc) is 3.22. The maximum absolute atomic E-state index is 13.1. The second-order valence-corrected chi connectivity index (χ2v) is 11.7. The fourth-order valence-electron chi connectivity index (χ4n) is 3.86. The zero-order valence-corrected chi connectivity index (χ0v) is 20.0. The Labute approximate surface area is 196 Å². The van der Waals surface area contributed by atoms with Gasteiger partial charge in [0.15, 0.2) is 0 Å². The zero-order valence-electron chi connectivity index (χ0n) is 17.6. The Kier molecular flexibility index (Phi) is 6.17. The summed E-state index contributed by atoms with van der Waals surface area (Å²) in [6.45, 7) is 0.717. The number of rotatable bonds is 8. The van der Waals surface area contributed by atoms with Crippen molar-refractivity contribution in [2.45, 2.75) is 28.6 Å². The van der Waals surface area contributed by atoms with Gasteiger partial charge in [-0.1, -0.05) is 48.0 Å². The molecule has 0 aliphatic heterocycles. The van der Waals surface area contributed by atoms with E-state index in [2.05, 4.69) is 4.72 Å². The minimum Gasteiger partial charge on any atom is -0.480 e. The Balaban J connectivity index is 1.58. The molecule has 2 N–H and O–H groups in total. The van der Waals surface area contributed by atoms with Crippen molar-refractivity contribution < 1.29 is 18.3 Å². The molecule has 1 aliphatic carbocycles. The molecule has 9 heteroatoms. The fourth-order valence-corrected chi connectivity index (χ4v) is 6.70. The van der Waals surface area contributed by atoms with Crippen LogP contribution in [-0.2, 0) is 21.4 Å². The summed E-state index contributed by atoms with van der Waals surface area (Å²) >= 11 is 7.02. The van der Waals surface area contributed by atoms with E-state index in [9.17, 15) is 18.3 Å². The molecule has 0 amide bonds. The molecule has 32 heavy (non-hydrogen) atoms. The van der Waals surface area contributed by atoms with Crippen molar-refractivity contribution in [3.05, 3.63) is 76.8 Å². The third-order valence-electron chi connectivity index (χ3n) is 5.49. The lowest BCUT2D eigenvalue weighted by atomic mass is 10.0. The standard InChI is InChI=1S/C23H23ClN2O4S2/c1-26(2)14-15-4-3-5-17(12-15)19-13-23(19,22(27)28)25-32(29,30)21-11-10-20(31-21)16-6-8-18(24)9-7-16/h3-12,19,25H,13-14H2,1-2H3,(H,27,28)/t19-,23+/m0/s1. The van der Waals surface area contributed by atoms with Gasteiger partial charge in [-0.05, 0) is 61.5 Å². The van der Waals surface area contributed by atoms with E-state index in [1.54, 1.807) is 18.2 Å². The number of carboxylic acids is 1. The lowest BCUT2D eigenvalue weighted by molar-refractivity contribution is -0.140. The molecule has 1 heterocycles. The summed E-state index contributed by atoms with van der Waals surface area (Å²) in [4.78, 5) is 14.9. The van der Waals surface area contributed by atoms with Crippen molar-refractivity contribution in [3.8, 4) is 10.4 Å². The highest BCUT2D eigenvalue weighted by Gasteiger charge is 2.63. The van der Waals surface area contributed by atoms with Gasteiger partial charge in [-0.2, -0.15) is 4.72 Å². The number of thiophene rings is 1. The van der Waals surface area contributed by atoms with Gasteiger partial charge in [0, 0.05) is 22.4 Å². The molecule has 168 valence electrons. The molecule has 1 aromatic heterocycles. The van der Waals surface area contributed by atoms with Gasteiger partial charge in [-0.25, -0.2) is 8.42 Å². The third-order valence-corrected chi connectivity index (χ3v) is 8.87. The van der Waals surface area contributed by atoms with Crippen LogP contribution >= 0.6 is 22.9 Å². The maximum atomic E-state index is 13.1. The molecule has 0 unspecified atom stereocenters. The van der Waals surface area contributed by atoms with Gasteiger partial charge in [-0.15, -0.1) is 11.3 Å². The minimum atomic E-state index is -4.01. The molecule has 2 atom stereocenters. The van der Waals surface area contributed by atoms with Gasteiger partial charge in [0.25, 0.3) is 10.0 Å². The number of benzene rings is 2. The van der Waals surface area contributed by atoms with E-state index in [4.69, 9.17) is 11.6 Å². The highest BCUT2D eigenvalue weighted by molar-refractivity contribution is 7.91. The number of sulfonamides is 1. The summed E-state index contributed by atoms with van der Waals surface area (Å²) < 4.78 is 28.7. The van der Waals surface area contributed by atoms with Crippen LogP contribution in [0.3, 0.4) is 0 Å². The topological polar surface area (TPSA) is 86.7 Å². The van der Waals surface area contributed by atoms with E-state index in [0.717, 1.165) is 39.4 Å². The molecule has 1 saturated carbocycles. The lowest BCUT2D eigenvalue weighted by Gasteiger charge is -2.16. The molecule has 0 saturated heterocycles. The molecule has 1 fully saturated rings. The van der Waals surface area contributed by atoms with E-state index in [0.29, 0.717) is 5.02 Å². The Bertz CT molecular complexity index is 1260. The molecule has 0 radical (unpaired) electrons. The predicted molar refractivity (Wildman–Crippen MR) is 127 cm³/mol. The summed E-state index contributed by atoms with van der Waals surface area (Å²) in [5, 5.41) is 10.5. The maximum Gasteiger partial charge on any atom is 0.325 e. The van der Waals surface area contributed by atoms with Gasteiger partial charge in [0.2, 0.25) is 0 Å². The third kappa shape index (κ3) is 4.60. The first-order chi connectivity index (χ1) is 15.1. The normalized spacial score (nSPS) is 20.4. The molecule has 0 bridgehead atoms. The molecular formula is C23H23ClN2O4S2. The molecule has 3 aromatic rings. The quantitative estimate of drug-likeness (QED) is 0.488. The average molecular weight is 491 g/mol. The first kappa shape index (κ1) is 22.9. The van der Waals surface area contributed by atoms with Crippen molar-refractivity contribution in [2.75, 3.05) is 14.1 Å². The Hall–Kier alpha value is -2.23. The van der Waals surface area contributed by atoms with Crippen LogP contribution in [0.2, 0.25) is 5.02 Å². The van der Waals surface area contributed by atoms with E-state index >= 15 is 0 Å². The Morgan fingerprint density at radius 1 is 1.19 bits per heavy atom. The zero-order chi connectivity index (χ0) is 23.1. The summed E-state index contributed by atoms with van der Waals surface area (Å²) in [6.07, 6.45) is 0.211. The summed E-state index contributed by atoms with van der Waals surface area (Å²) in [7, 11) is -0.0982. The molecule has 6 nitrogen and oxygen atoms in total. The van der Waals surface area contributed by atoms with Gasteiger partial charge in [0.1, 0.15) is 9.75 Å². The fraction of sp³-hybridized carbons (Fsp3) is 0.261. The van der Waals surface area contributed by atoms with E-state index in [-0.39, 0.29) is 10.6 Å². The van der Waals surface area contributed by atoms with Gasteiger partial charge >= 0.3 is 5.97 Å². The van der Waals surface area contributed by atoms with Crippen molar-refractivity contribution in [2.24, 2.45) is 0 Å². The molecule has 4 rings (SSSR count). The van der Waals surface area contributed by atoms with Crippen LogP contribution in [0.5, 0.6) is 0 Å². The van der Waals surface area contributed by atoms with Crippen LogP contribution in [0.4, 0.5) is 0 Å². The van der Waals surface area contributed by atoms with Crippen molar-refractivity contribution in [3.63, 3.8) is 0 Å². The smallest absolute Gasteiger partial charge is 0.325 e. The predicted octanol–water partition coefficient (Wildman–Crippen LogP) is 4.42. The second kappa shape index (κ2) is 8.61. The number of aliphatic carboxylic acids is 1. The Morgan fingerprint density at radius 2 is 1.91 bits per heavy atom. The summed E-state index contributed by atoms with van der Waals surface area (Å²) in [5.41, 5.74) is 1.17. The van der Waals surface area contributed by atoms with Crippen LogP contribution < -0.4 is 4.72 Å². The molecular weight excluding hydrogens is 468 g/mol. The highest BCUT2D eigenvalue weighted by atomic mass is 35.5. The van der Waals surface area contributed by atoms with E-state index in [1.807, 2.05) is 55.4 Å². The van der Waals surface area contributed by atoms with E-state index < -0.39 is 27.4 Å². The number of hydrogen-bond donors (Lipinski definition) is 2. The number of hydrogen-bond acceptors (Lipinski definition) is 5. The van der Waals surface area contributed by atoms with Gasteiger partial charge in [0.05, 0.1) is 0 Å². The van der Waals surface area contributed by atoms with Crippen LogP contribution in [0.1, 0.15) is 23.5 Å². The summed E-state index contributed by atoms with van der Waals surface area (Å²) in [5.74, 6) is -1.59. The lowest BCUT2D eigenvalue weighted by Crippen LogP contribution is -2.44. The van der Waals surface area contributed by atoms with Gasteiger partial charge in [-0.3, -0.25) is 4.79 Å². The Morgan fingerprint density at radius 3 is 2.56 bits per heavy atom. The second-order valence-electron chi connectivity index (χ2n) is 8.25. The minimum absolute atomic E-state index is 0.0788. The molecule has 2 aromatic carbocycles. The summed E-state index contributed by atoms with van der Waals surface area (Å²) in [6, 6.07) is 18.0. The SMILES string of the molecule is CN(C)Cc1cccc([C@@H]2C[C@]2(NS(=O)(=O)c2ccc(-c3ccc(Cl)cc3)s2)C(=O)O)c1. The molecule has 1 aliphatic rings. The van der Waals surface area contributed by atoms with E-state index in [1.165, 1.54) is 6.07 Å².